The van der Waals surface area contributed by atoms with E-state index < -0.39 is 113 Å². The van der Waals surface area contributed by atoms with E-state index in [9.17, 15) is 77.8 Å². The molecule has 32 nitrogen and oxygen atoms in total. The molecule has 0 spiro atoms. The van der Waals surface area contributed by atoms with Crippen LogP contribution in [0.4, 0.5) is 58.4 Å². The predicted molar refractivity (Wildman–Crippen MR) is 272 cm³/mol. The van der Waals surface area contributed by atoms with Gasteiger partial charge in [-0.1, -0.05) is 24.3 Å². The first-order valence-corrected chi connectivity index (χ1v) is 30.4. The summed E-state index contributed by atoms with van der Waals surface area (Å²) in [6, 6.07) is 11.0. The molecule has 0 aliphatic carbocycles. The van der Waals surface area contributed by atoms with Crippen molar-refractivity contribution in [1.29, 1.82) is 0 Å². The summed E-state index contributed by atoms with van der Waals surface area (Å²) < 4.78 is 219. The topological polar surface area (TPSA) is 477 Å². The largest absolute Gasteiger partial charge is 0.378 e. The molecule has 10 N–H and O–H groups in total. The van der Waals surface area contributed by atoms with Crippen molar-refractivity contribution in [2.24, 2.45) is 0 Å². The van der Waals surface area contributed by atoms with Gasteiger partial charge in [0.05, 0.1) is 47.6 Å². The number of morpholine rings is 2. The first-order valence-electron chi connectivity index (χ1n) is 21.7. The summed E-state index contributed by atoms with van der Waals surface area (Å²) >= 11 is 0. The second-order valence-corrected chi connectivity index (χ2v) is 24.7. The van der Waals surface area contributed by atoms with E-state index in [4.69, 9.17) is 9.47 Å². The number of aromatic nitrogens is 6. The van der Waals surface area contributed by atoms with Crippen LogP contribution < -0.4 is 31.1 Å². The molecule has 0 unspecified atom stereocenters. The number of benzene rings is 4. The van der Waals surface area contributed by atoms with Crippen LogP contribution in [0.25, 0.3) is 12.2 Å². The minimum absolute atomic E-state index is 0.0602. The van der Waals surface area contributed by atoms with Gasteiger partial charge in [0.15, 0.2) is 0 Å². The summed E-state index contributed by atoms with van der Waals surface area (Å²) in [4.78, 5) is 24.1. The molecule has 2 aliphatic heterocycles. The van der Waals surface area contributed by atoms with E-state index in [2.05, 4.69) is 51.2 Å². The molecule has 2 aromatic heterocycles. The van der Waals surface area contributed by atoms with Crippen molar-refractivity contribution >= 4 is 131 Å². The van der Waals surface area contributed by atoms with Gasteiger partial charge in [0.2, 0.25) is 35.7 Å². The highest BCUT2D eigenvalue weighted by Gasteiger charge is 2.26. The lowest BCUT2D eigenvalue weighted by Gasteiger charge is -2.27. The van der Waals surface area contributed by atoms with Gasteiger partial charge in [0, 0.05) is 37.6 Å². The molecule has 2 fully saturated rings. The maximum absolute atomic E-state index is 12.9. The molecular formula is C40H40N12O20S6. The monoisotopic (exact) mass is 1200 g/mol. The van der Waals surface area contributed by atoms with E-state index in [1.807, 2.05) is 0 Å². The van der Waals surface area contributed by atoms with Crippen LogP contribution in [0.2, 0.25) is 0 Å². The van der Waals surface area contributed by atoms with Crippen molar-refractivity contribution in [2.45, 2.75) is 29.4 Å². The average Bonchev–Trinajstić information content (AvgIpc) is 3.35. The van der Waals surface area contributed by atoms with Crippen LogP contribution in [0.5, 0.6) is 0 Å². The fourth-order valence-electron chi connectivity index (χ4n) is 7.37. The van der Waals surface area contributed by atoms with Crippen molar-refractivity contribution < 1.29 is 87.3 Å². The van der Waals surface area contributed by atoms with Gasteiger partial charge in [-0.2, -0.15) is 80.4 Å². The summed E-state index contributed by atoms with van der Waals surface area (Å²) in [6.07, 6.45) is 2.16. The van der Waals surface area contributed by atoms with E-state index in [-0.39, 0.29) is 98.9 Å². The lowest BCUT2D eigenvalue weighted by molar-refractivity contribution is 0.122. The zero-order chi connectivity index (χ0) is 56.6. The lowest BCUT2D eigenvalue weighted by atomic mass is 10.1. The van der Waals surface area contributed by atoms with Gasteiger partial charge < -0.3 is 40.5 Å². The number of anilines is 10. The highest BCUT2D eigenvalue weighted by molar-refractivity contribution is 7.87. The third kappa shape index (κ3) is 14.1. The Morgan fingerprint density at radius 3 is 1.01 bits per heavy atom. The van der Waals surface area contributed by atoms with Crippen LogP contribution in [0, 0.1) is 0 Å². The number of nitrogens with one attached hydrogen (secondary N) is 4. The number of hydrogen-bond acceptors (Lipinski definition) is 26. The Kier molecular flexibility index (Phi) is 16.0. The highest BCUT2D eigenvalue weighted by Crippen LogP contribution is 2.33. The van der Waals surface area contributed by atoms with Gasteiger partial charge in [-0.05, 0) is 71.8 Å². The summed E-state index contributed by atoms with van der Waals surface area (Å²) in [5.74, 6) is -1.72. The molecule has 4 aromatic carbocycles. The standard InChI is InChI=1S/C40H40N12O20S6/c53-73(54,55)27-7-9-31(75(59,60)61)29(21-27)43-37-45-35(47-39(49-37)51-11-15-71-16-12-51)41-25-5-3-23(33(19-25)77(65,66)67)1-2-24-4-6-26(20-34(24)78(68,69)70)42-36-46-38(50-40(48-36)52-13-17-72-18-14-52)44-30-22-28(74(56,57)58)8-10-32(30)76(62,63)64/h1-10,19-22H,11-18H2,(H,53,54,55)(H,56,57,58)(H,59,60,61)(H,62,63,64)(H,65,66,67)(H,68,69,70)(H2,41,43,45,47,49)(H2,42,44,46,48,50). The van der Waals surface area contributed by atoms with Crippen molar-refractivity contribution in [2.75, 3.05) is 83.7 Å². The molecule has 2 saturated heterocycles. The highest BCUT2D eigenvalue weighted by atomic mass is 32.2. The maximum atomic E-state index is 12.9. The Balaban J connectivity index is 1.11. The lowest BCUT2D eigenvalue weighted by Crippen LogP contribution is -2.37. The summed E-state index contributed by atoms with van der Waals surface area (Å²) in [6.45, 7) is 1.87. The molecular weight excluding hydrogens is 1160 g/mol. The number of rotatable bonds is 18. The molecule has 6 aromatic rings. The van der Waals surface area contributed by atoms with Gasteiger partial charge in [0.25, 0.3) is 60.7 Å². The predicted octanol–water partition coefficient (Wildman–Crippen LogP) is 2.35. The van der Waals surface area contributed by atoms with Gasteiger partial charge in [-0.25, -0.2) is 0 Å². The first-order chi connectivity index (χ1) is 36.4. The Morgan fingerprint density at radius 1 is 0.385 bits per heavy atom. The minimum atomic E-state index is -5.12. The summed E-state index contributed by atoms with van der Waals surface area (Å²) in [5, 5.41) is 10.5. The molecule has 8 rings (SSSR count). The normalized spacial score (nSPS) is 15.1. The molecule has 0 saturated carbocycles. The molecule has 0 radical (unpaired) electrons. The Hall–Kier alpha value is -7.18. The molecule has 38 heteroatoms. The Labute approximate surface area is 443 Å². The van der Waals surface area contributed by atoms with Gasteiger partial charge in [-0.3, -0.25) is 27.3 Å². The minimum Gasteiger partial charge on any atom is -0.378 e. The zero-order valence-corrected chi connectivity index (χ0v) is 44.1. The van der Waals surface area contributed by atoms with E-state index in [1.165, 1.54) is 24.3 Å². The summed E-state index contributed by atoms with van der Waals surface area (Å²) in [7, 11) is -30.1. The smallest absolute Gasteiger partial charge is 0.296 e. The van der Waals surface area contributed by atoms with Crippen molar-refractivity contribution in [1.82, 2.24) is 29.9 Å². The van der Waals surface area contributed by atoms with Crippen LogP contribution in [0.15, 0.2) is 102 Å². The van der Waals surface area contributed by atoms with Crippen LogP contribution >= 0.6 is 0 Å². The fraction of sp³-hybridized carbons (Fsp3) is 0.200. The van der Waals surface area contributed by atoms with Crippen LogP contribution in [-0.2, 0) is 70.2 Å². The Bertz CT molecular complexity index is 3830. The molecule has 78 heavy (non-hydrogen) atoms. The first kappa shape index (κ1) is 57.0. The van der Waals surface area contributed by atoms with E-state index >= 15 is 0 Å². The maximum Gasteiger partial charge on any atom is 0.296 e. The molecule has 0 amide bonds. The van der Waals surface area contributed by atoms with Gasteiger partial charge >= 0.3 is 0 Å². The second-order valence-electron chi connectivity index (χ2n) is 16.3. The van der Waals surface area contributed by atoms with Crippen molar-refractivity contribution in [3.05, 3.63) is 83.9 Å². The Morgan fingerprint density at radius 2 is 0.705 bits per heavy atom. The van der Waals surface area contributed by atoms with E-state index in [0.717, 1.165) is 36.4 Å². The number of hydrogen-bond donors (Lipinski definition) is 10. The molecule has 0 bridgehead atoms. The number of ether oxygens (including phenoxy) is 2. The number of nitrogens with zero attached hydrogens (tertiary/aromatic N) is 8. The fourth-order valence-corrected chi connectivity index (χ4v) is 11.1. The van der Waals surface area contributed by atoms with Crippen LogP contribution in [0.1, 0.15) is 11.1 Å². The second kappa shape index (κ2) is 21.9. The molecule has 416 valence electrons. The van der Waals surface area contributed by atoms with E-state index in [0.29, 0.717) is 24.3 Å². The van der Waals surface area contributed by atoms with Crippen molar-refractivity contribution in [3.8, 4) is 0 Å². The van der Waals surface area contributed by atoms with Gasteiger partial charge in [-0.15, -0.1) is 0 Å². The third-order valence-corrected chi connectivity index (χ3v) is 16.3. The zero-order valence-electron chi connectivity index (χ0n) is 39.2. The average molecular weight is 1200 g/mol. The van der Waals surface area contributed by atoms with E-state index in [1.54, 1.807) is 9.80 Å². The summed E-state index contributed by atoms with van der Waals surface area (Å²) in [5.41, 5.74) is -1.89. The molecule has 4 heterocycles. The molecule has 2 aliphatic rings. The molecule has 0 atom stereocenters. The quantitative estimate of drug-likeness (QED) is 0.0436. The third-order valence-electron chi connectivity index (χ3n) is 10.9. The van der Waals surface area contributed by atoms with Crippen molar-refractivity contribution in [3.63, 3.8) is 0 Å². The van der Waals surface area contributed by atoms with Crippen LogP contribution in [0.3, 0.4) is 0 Å². The SMILES string of the molecule is O=S(=O)(O)c1ccc(S(=O)(=O)O)c(Nc2nc(Nc3ccc(C=Cc4ccc(Nc5nc(Nc6cc(S(=O)(=O)O)ccc6S(=O)(=O)O)nc(N6CCOCC6)n5)cc4S(=O)(=O)O)c(S(=O)(=O)O)c3)nc(N3CCOCC3)n2)c1. The van der Waals surface area contributed by atoms with Gasteiger partial charge in [0.1, 0.15) is 19.6 Å². The van der Waals surface area contributed by atoms with Crippen LogP contribution in [-0.4, -0.2) is 160 Å².